The molecule has 0 aliphatic heterocycles. The van der Waals surface area contributed by atoms with E-state index in [1.54, 1.807) is 0 Å². The molecular weight excluding hydrogens is 286 g/mol. The molecule has 0 saturated carbocycles. The van der Waals surface area contributed by atoms with Gasteiger partial charge in [-0.1, -0.05) is 23.5 Å². The first-order chi connectivity index (χ1) is 8.36. The molecular formula is C8H11NO7S2. The number of rotatable bonds is 5. The molecule has 0 spiro atoms. The van der Waals surface area contributed by atoms with Gasteiger partial charge >= 0.3 is 22.1 Å². The van der Waals surface area contributed by atoms with Crippen molar-refractivity contribution in [1.82, 2.24) is 0 Å². The van der Waals surface area contributed by atoms with Crippen LogP contribution >= 0.6 is 11.8 Å². The van der Waals surface area contributed by atoms with Crippen LogP contribution in [0.1, 0.15) is 0 Å². The number of nitrogens with zero attached hydrogens (tertiary/aromatic N) is 1. The van der Waals surface area contributed by atoms with E-state index in [0.717, 1.165) is 14.2 Å². The Morgan fingerprint density at radius 1 is 1.33 bits per heavy atom. The Hall–Kier alpha value is -1.55. The number of carbonyl (C=O) groups is 2. The third-order valence-electron chi connectivity index (χ3n) is 1.34. The van der Waals surface area contributed by atoms with Crippen LogP contribution in [0, 0.1) is 0 Å². The number of oxime groups is 1. The highest BCUT2D eigenvalue weighted by Gasteiger charge is 2.17. The summed E-state index contributed by atoms with van der Waals surface area (Å²) < 4.78 is 34.6. The topological polar surface area (TPSA) is 108 Å². The molecule has 18 heavy (non-hydrogen) atoms. The molecule has 0 atom stereocenters. The molecule has 0 rings (SSSR count). The van der Waals surface area contributed by atoms with Crippen molar-refractivity contribution >= 4 is 38.9 Å². The highest BCUT2D eigenvalue weighted by atomic mass is 32.2. The summed E-state index contributed by atoms with van der Waals surface area (Å²) in [5.41, 5.74) is 0. The maximum Gasteiger partial charge on any atom is 0.366 e. The largest absolute Gasteiger partial charge is 0.468 e. The fraction of sp³-hybridized carbons (Fsp3) is 0.375. The van der Waals surface area contributed by atoms with Crippen molar-refractivity contribution < 1.29 is 31.8 Å². The van der Waals surface area contributed by atoms with Crippen LogP contribution < -0.4 is 0 Å². The lowest BCUT2D eigenvalue weighted by molar-refractivity contribution is -0.137. The van der Waals surface area contributed by atoms with Gasteiger partial charge in [0.25, 0.3) is 0 Å². The smallest absolute Gasteiger partial charge is 0.366 e. The number of hydrogen-bond donors (Lipinski definition) is 0. The molecule has 0 aromatic rings. The Kier molecular flexibility index (Phi) is 7.05. The van der Waals surface area contributed by atoms with E-state index in [2.05, 4.69) is 25.5 Å². The van der Waals surface area contributed by atoms with Crippen LogP contribution in [-0.2, 0) is 33.5 Å². The first kappa shape index (κ1) is 16.4. The predicted octanol–water partition coefficient (Wildman–Crippen LogP) is -0.131. The zero-order valence-corrected chi connectivity index (χ0v) is 11.2. The third kappa shape index (κ3) is 6.25. The number of hydrogen-bond acceptors (Lipinski definition) is 9. The fourth-order valence-corrected chi connectivity index (χ4v) is 1.46. The lowest BCUT2D eigenvalue weighted by Gasteiger charge is -2.02. The maximum atomic E-state index is 11.2. The lowest BCUT2D eigenvalue weighted by Crippen LogP contribution is -2.16. The first-order valence-electron chi connectivity index (χ1n) is 4.28. The minimum Gasteiger partial charge on any atom is -0.468 e. The quantitative estimate of drug-likeness (QED) is 0.299. The Balaban J connectivity index is 4.79. The molecule has 0 radical (unpaired) electrons. The summed E-state index contributed by atoms with van der Waals surface area (Å²) in [6.45, 7) is 2.98. The molecule has 0 aliphatic carbocycles. The van der Waals surface area contributed by atoms with Gasteiger partial charge in [0.05, 0.1) is 25.4 Å². The Labute approximate surface area is 108 Å². The van der Waals surface area contributed by atoms with Crippen molar-refractivity contribution in [3.05, 3.63) is 12.0 Å². The van der Waals surface area contributed by atoms with Crippen molar-refractivity contribution in [1.29, 1.82) is 0 Å². The van der Waals surface area contributed by atoms with Crippen molar-refractivity contribution in [3.8, 4) is 0 Å². The molecule has 0 aromatic carbocycles. The van der Waals surface area contributed by atoms with E-state index in [4.69, 9.17) is 0 Å². The molecule has 0 amide bonds. The van der Waals surface area contributed by atoms with Crippen LogP contribution in [0.25, 0.3) is 0 Å². The number of methoxy groups -OCH3 is 2. The van der Waals surface area contributed by atoms with Crippen molar-refractivity contribution in [2.75, 3.05) is 20.0 Å². The summed E-state index contributed by atoms with van der Waals surface area (Å²) in [6.07, 6.45) is 0. The highest BCUT2D eigenvalue weighted by molar-refractivity contribution is 8.16. The molecule has 0 aromatic heterocycles. The van der Waals surface area contributed by atoms with E-state index in [0.29, 0.717) is 17.2 Å². The van der Waals surface area contributed by atoms with E-state index in [1.165, 1.54) is 0 Å². The van der Waals surface area contributed by atoms with E-state index in [9.17, 15) is 18.0 Å². The molecule has 0 bridgehead atoms. The molecule has 0 aliphatic rings. The highest BCUT2D eigenvalue weighted by Crippen LogP contribution is 2.08. The van der Waals surface area contributed by atoms with Crippen LogP contribution in [0.3, 0.4) is 0 Å². The van der Waals surface area contributed by atoms with Gasteiger partial charge in [0.1, 0.15) is 0 Å². The number of carbonyl (C=O) groups excluding carboxylic acids is 2. The summed E-state index contributed by atoms with van der Waals surface area (Å²) in [5, 5.41) is 3.15. The van der Waals surface area contributed by atoms with Crippen LogP contribution in [0.15, 0.2) is 17.1 Å². The minimum atomic E-state index is -4.06. The van der Waals surface area contributed by atoms with Crippen molar-refractivity contribution in [3.63, 3.8) is 0 Å². The monoisotopic (exact) mass is 297 g/mol. The van der Waals surface area contributed by atoms with Gasteiger partial charge in [-0.2, -0.15) is 8.42 Å². The van der Waals surface area contributed by atoms with Gasteiger partial charge in [0, 0.05) is 0 Å². The van der Waals surface area contributed by atoms with E-state index >= 15 is 0 Å². The molecule has 0 heterocycles. The van der Waals surface area contributed by atoms with Gasteiger partial charge in [-0.3, -0.25) is 9.08 Å². The van der Waals surface area contributed by atoms with Gasteiger partial charge < -0.3 is 9.47 Å². The Morgan fingerprint density at radius 2 is 1.94 bits per heavy atom. The number of ether oxygens (including phenoxy) is 2. The molecule has 8 nitrogen and oxygen atoms in total. The van der Waals surface area contributed by atoms with Crippen molar-refractivity contribution in [2.24, 2.45) is 5.16 Å². The average Bonchev–Trinajstić information content (AvgIpc) is 2.37. The van der Waals surface area contributed by atoms with Crippen LogP contribution in [0.5, 0.6) is 0 Å². The van der Waals surface area contributed by atoms with Gasteiger partial charge in [0.15, 0.2) is 0 Å². The first-order valence-corrected chi connectivity index (χ1v) is 6.74. The van der Waals surface area contributed by atoms with Gasteiger partial charge in [-0.25, -0.2) is 4.79 Å². The van der Waals surface area contributed by atoms with Crippen LogP contribution in [-0.4, -0.2) is 45.4 Å². The zero-order chi connectivity index (χ0) is 14.2. The molecule has 102 valence electrons. The maximum absolute atomic E-state index is 11.2. The number of esters is 2. The van der Waals surface area contributed by atoms with Crippen molar-refractivity contribution in [2.45, 2.75) is 0 Å². The zero-order valence-electron chi connectivity index (χ0n) is 9.61. The average molecular weight is 297 g/mol. The van der Waals surface area contributed by atoms with Gasteiger partial charge in [-0.05, 0) is 0 Å². The molecule has 0 unspecified atom stereocenters. The summed E-state index contributed by atoms with van der Waals surface area (Å²) >= 11 is 0.615. The fourth-order valence-electron chi connectivity index (χ4n) is 0.512. The summed E-state index contributed by atoms with van der Waals surface area (Å²) in [4.78, 5) is 22.1. The standard InChI is InChI=1S/C8H11NO7S2/c1-4-18(12,13)16-9-7(8(11)15-3)17-5-6(10)14-2/h4H,1,5H2,2-3H3. The predicted molar refractivity (Wildman–Crippen MR) is 64.1 cm³/mol. The van der Waals surface area contributed by atoms with E-state index in [1.807, 2.05) is 0 Å². The summed E-state index contributed by atoms with van der Waals surface area (Å²) in [6, 6.07) is 0. The number of thioether (sulfide) groups is 1. The van der Waals surface area contributed by atoms with Crippen LogP contribution in [0.4, 0.5) is 0 Å². The second kappa shape index (κ2) is 7.71. The molecule has 10 heteroatoms. The third-order valence-corrected chi connectivity index (χ3v) is 2.93. The normalized spacial score (nSPS) is 11.6. The minimum absolute atomic E-state index is 0.248. The van der Waals surface area contributed by atoms with Gasteiger partial charge in [-0.15, -0.1) is 0 Å². The second-order valence-corrected chi connectivity index (χ2v) is 4.92. The lowest BCUT2D eigenvalue weighted by atomic mass is 10.7. The van der Waals surface area contributed by atoms with E-state index in [-0.39, 0.29) is 5.75 Å². The van der Waals surface area contributed by atoms with E-state index < -0.39 is 27.1 Å². The van der Waals surface area contributed by atoms with Crippen LogP contribution in [0.2, 0.25) is 0 Å². The SMILES string of the molecule is C=CS(=O)(=O)ON=C(SCC(=O)OC)C(=O)OC. The molecule has 0 N–H and O–H groups in total. The molecule has 0 saturated heterocycles. The summed E-state index contributed by atoms with van der Waals surface area (Å²) in [7, 11) is -1.83. The second-order valence-electron chi connectivity index (χ2n) is 2.49. The molecule has 0 fully saturated rings. The van der Waals surface area contributed by atoms with Gasteiger partial charge in [0.2, 0.25) is 5.04 Å². The Bertz CT molecular complexity index is 454. The Morgan fingerprint density at radius 3 is 2.39 bits per heavy atom. The summed E-state index contributed by atoms with van der Waals surface area (Å²) in [5.74, 6) is -1.81.